The molecular formula is C15H20O4. The topological polar surface area (TPSA) is 55.8 Å². The Bertz CT molecular complexity index is 442. The molecule has 0 saturated heterocycles. The molecule has 0 heterocycles. The van der Waals surface area contributed by atoms with Crippen molar-refractivity contribution in [2.24, 2.45) is 5.92 Å². The van der Waals surface area contributed by atoms with E-state index >= 15 is 0 Å². The Morgan fingerprint density at radius 2 is 2.21 bits per heavy atom. The van der Waals surface area contributed by atoms with Gasteiger partial charge in [-0.15, -0.1) is 0 Å². The highest BCUT2D eigenvalue weighted by atomic mass is 16.5. The fourth-order valence-electron chi connectivity index (χ4n) is 2.43. The van der Waals surface area contributed by atoms with Crippen molar-refractivity contribution in [2.75, 3.05) is 13.7 Å². The zero-order valence-corrected chi connectivity index (χ0v) is 11.2. The molecule has 0 amide bonds. The van der Waals surface area contributed by atoms with E-state index in [1.165, 1.54) is 0 Å². The Labute approximate surface area is 113 Å². The van der Waals surface area contributed by atoms with Crippen LogP contribution in [-0.2, 0) is 11.4 Å². The van der Waals surface area contributed by atoms with Crippen molar-refractivity contribution < 1.29 is 19.4 Å². The number of aliphatic hydroxyl groups excluding tert-OH is 1. The number of ether oxygens (including phenoxy) is 2. The van der Waals surface area contributed by atoms with Gasteiger partial charge >= 0.3 is 0 Å². The molecular weight excluding hydrogens is 244 g/mol. The number of ketones is 1. The van der Waals surface area contributed by atoms with Gasteiger partial charge in [-0.2, -0.15) is 0 Å². The fraction of sp³-hybridized carbons (Fsp3) is 0.533. The lowest BCUT2D eigenvalue weighted by atomic mass is 10.0. The molecule has 0 spiro atoms. The van der Waals surface area contributed by atoms with Gasteiger partial charge in [0.15, 0.2) is 11.5 Å². The maximum absolute atomic E-state index is 11.5. The normalized spacial score (nSPS) is 18.6. The van der Waals surface area contributed by atoms with Crippen molar-refractivity contribution in [3.63, 3.8) is 0 Å². The molecule has 4 heteroatoms. The summed E-state index contributed by atoms with van der Waals surface area (Å²) in [5.74, 6) is 1.81. The monoisotopic (exact) mass is 264 g/mol. The van der Waals surface area contributed by atoms with Crippen LogP contribution >= 0.6 is 0 Å². The Morgan fingerprint density at radius 3 is 2.84 bits per heavy atom. The molecule has 0 aromatic heterocycles. The number of methoxy groups -OCH3 is 1. The van der Waals surface area contributed by atoms with E-state index < -0.39 is 0 Å². The predicted octanol–water partition coefficient (Wildman–Crippen LogP) is 2.33. The molecule has 1 fully saturated rings. The zero-order chi connectivity index (χ0) is 13.7. The van der Waals surface area contributed by atoms with Gasteiger partial charge in [0.2, 0.25) is 0 Å². The van der Waals surface area contributed by atoms with Crippen molar-refractivity contribution in [1.29, 1.82) is 0 Å². The Morgan fingerprint density at radius 1 is 1.37 bits per heavy atom. The van der Waals surface area contributed by atoms with Crippen LogP contribution in [0, 0.1) is 5.92 Å². The quantitative estimate of drug-likeness (QED) is 0.856. The first-order chi connectivity index (χ1) is 9.24. The van der Waals surface area contributed by atoms with Crippen LogP contribution < -0.4 is 9.47 Å². The summed E-state index contributed by atoms with van der Waals surface area (Å²) in [5, 5.41) is 9.06. The van der Waals surface area contributed by atoms with E-state index in [2.05, 4.69) is 0 Å². The van der Waals surface area contributed by atoms with Crippen LogP contribution in [0.1, 0.15) is 31.2 Å². The van der Waals surface area contributed by atoms with E-state index in [0.717, 1.165) is 31.2 Å². The van der Waals surface area contributed by atoms with Crippen molar-refractivity contribution in [3.05, 3.63) is 23.8 Å². The third-order valence-corrected chi connectivity index (χ3v) is 3.57. The van der Waals surface area contributed by atoms with Gasteiger partial charge in [-0.05, 0) is 37.0 Å². The molecule has 1 N–H and O–H groups in total. The molecule has 104 valence electrons. The zero-order valence-electron chi connectivity index (χ0n) is 11.2. The van der Waals surface area contributed by atoms with Crippen molar-refractivity contribution >= 4 is 5.78 Å². The summed E-state index contributed by atoms with van der Waals surface area (Å²) >= 11 is 0. The molecule has 1 unspecified atom stereocenters. The molecule has 4 nitrogen and oxygen atoms in total. The summed E-state index contributed by atoms with van der Waals surface area (Å²) < 4.78 is 10.9. The summed E-state index contributed by atoms with van der Waals surface area (Å²) in [6, 6.07) is 5.36. The number of hydrogen-bond donors (Lipinski definition) is 1. The Kier molecular flexibility index (Phi) is 4.80. The summed E-state index contributed by atoms with van der Waals surface area (Å²) in [6.07, 6.45) is 3.49. The van der Waals surface area contributed by atoms with Crippen LogP contribution in [0.3, 0.4) is 0 Å². The van der Waals surface area contributed by atoms with Gasteiger partial charge in [0.25, 0.3) is 0 Å². The summed E-state index contributed by atoms with van der Waals surface area (Å²) in [7, 11) is 1.57. The molecule has 0 aliphatic heterocycles. The summed E-state index contributed by atoms with van der Waals surface area (Å²) in [5.41, 5.74) is 0.787. The molecule has 1 aromatic rings. The molecule has 0 radical (unpaired) electrons. The van der Waals surface area contributed by atoms with Gasteiger partial charge in [0.1, 0.15) is 5.78 Å². The minimum atomic E-state index is -0.0206. The highest BCUT2D eigenvalue weighted by Gasteiger charge is 2.24. The lowest BCUT2D eigenvalue weighted by molar-refractivity contribution is -0.121. The molecule has 1 aromatic carbocycles. The van der Waals surface area contributed by atoms with Gasteiger partial charge in [0.05, 0.1) is 20.3 Å². The second kappa shape index (κ2) is 6.57. The van der Waals surface area contributed by atoms with E-state index in [4.69, 9.17) is 14.6 Å². The molecule has 1 aliphatic carbocycles. The van der Waals surface area contributed by atoms with Gasteiger partial charge < -0.3 is 14.6 Å². The van der Waals surface area contributed by atoms with Crippen molar-refractivity contribution in [3.8, 4) is 11.5 Å². The number of benzene rings is 1. The number of Topliss-reactive ketones (excluding diaryl/α,β-unsaturated/α-hetero) is 1. The van der Waals surface area contributed by atoms with Crippen LogP contribution in [0.25, 0.3) is 0 Å². The predicted molar refractivity (Wildman–Crippen MR) is 71.4 cm³/mol. The Balaban J connectivity index is 1.90. The molecule has 0 bridgehead atoms. The number of hydrogen-bond acceptors (Lipinski definition) is 4. The van der Waals surface area contributed by atoms with E-state index in [-0.39, 0.29) is 12.5 Å². The maximum atomic E-state index is 11.5. The van der Waals surface area contributed by atoms with Gasteiger partial charge in [-0.1, -0.05) is 6.07 Å². The third kappa shape index (κ3) is 3.47. The average Bonchev–Trinajstić information content (AvgIpc) is 2.84. The number of aliphatic hydroxyl groups is 1. The third-order valence-electron chi connectivity index (χ3n) is 3.57. The Hall–Kier alpha value is -1.55. The first-order valence-electron chi connectivity index (χ1n) is 6.68. The van der Waals surface area contributed by atoms with Crippen LogP contribution in [0.15, 0.2) is 18.2 Å². The second-order valence-corrected chi connectivity index (χ2v) is 4.84. The first kappa shape index (κ1) is 13.9. The minimum absolute atomic E-state index is 0.0206. The molecule has 1 saturated carbocycles. The van der Waals surface area contributed by atoms with Gasteiger partial charge in [0, 0.05) is 12.3 Å². The standard InChI is InChI=1S/C15H20O4/c1-18-15-9-11(10-16)5-6-14(15)19-8-7-12-3-2-4-13(12)17/h5-6,9,12,16H,2-4,7-8,10H2,1H3. The number of carbonyl (C=O) groups excluding carboxylic acids is 1. The minimum Gasteiger partial charge on any atom is -0.493 e. The molecule has 1 aliphatic rings. The van der Waals surface area contributed by atoms with Crippen molar-refractivity contribution in [2.45, 2.75) is 32.3 Å². The van der Waals surface area contributed by atoms with Gasteiger partial charge in [-0.3, -0.25) is 4.79 Å². The molecule has 19 heavy (non-hydrogen) atoms. The van der Waals surface area contributed by atoms with Gasteiger partial charge in [-0.25, -0.2) is 0 Å². The maximum Gasteiger partial charge on any atom is 0.161 e. The van der Waals surface area contributed by atoms with E-state index in [9.17, 15) is 4.79 Å². The highest BCUT2D eigenvalue weighted by molar-refractivity contribution is 5.82. The van der Waals surface area contributed by atoms with Crippen LogP contribution in [0.2, 0.25) is 0 Å². The summed E-state index contributed by atoms with van der Waals surface area (Å²) in [4.78, 5) is 11.5. The second-order valence-electron chi connectivity index (χ2n) is 4.84. The smallest absolute Gasteiger partial charge is 0.161 e. The number of rotatable bonds is 6. The number of carbonyl (C=O) groups is 1. The van der Waals surface area contributed by atoms with Crippen LogP contribution in [-0.4, -0.2) is 24.6 Å². The average molecular weight is 264 g/mol. The SMILES string of the molecule is COc1cc(CO)ccc1OCCC1CCCC1=O. The van der Waals surface area contributed by atoms with Crippen molar-refractivity contribution in [1.82, 2.24) is 0 Å². The van der Waals surface area contributed by atoms with E-state index in [1.54, 1.807) is 25.3 Å². The highest BCUT2D eigenvalue weighted by Crippen LogP contribution is 2.29. The largest absolute Gasteiger partial charge is 0.493 e. The lowest BCUT2D eigenvalue weighted by Gasteiger charge is -2.13. The fourth-order valence-corrected chi connectivity index (χ4v) is 2.43. The van der Waals surface area contributed by atoms with E-state index in [0.29, 0.717) is 23.9 Å². The lowest BCUT2D eigenvalue weighted by Crippen LogP contribution is -2.11. The first-order valence-corrected chi connectivity index (χ1v) is 6.68. The summed E-state index contributed by atoms with van der Waals surface area (Å²) in [6.45, 7) is 0.498. The molecule has 1 atom stereocenters. The molecule has 2 rings (SSSR count). The van der Waals surface area contributed by atoms with E-state index in [1.807, 2.05) is 0 Å². The van der Waals surface area contributed by atoms with Crippen LogP contribution in [0.5, 0.6) is 11.5 Å². The van der Waals surface area contributed by atoms with Crippen LogP contribution in [0.4, 0.5) is 0 Å².